The number of nitrogens with zero attached hydrogens (tertiary/aromatic N) is 2. The summed E-state index contributed by atoms with van der Waals surface area (Å²) in [6.07, 6.45) is 3.79. The molecule has 6 heteroatoms. The number of hydrogen-bond donors (Lipinski definition) is 2. The number of halogens is 1. The molecule has 2 unspecified atom stereocenters. The Morgan fingerprint density at radius 1 is 1.65 bits per heavy atom. The highest BCUT2D eigenvalue weighted by atomic mass is 35.5. The van der Waals surface area contributed by atoms with Gasteiger partial charge in [0.25, 0.3) is 0 Å². The van der Waals surface area contributed by atoms with E-state index >= 15 is 0 Å². The number of hydrogen-bond acceptors (Lipinski definition) is 4. The molecule has 4 nitrogen and oxygen atoms in total. The normalized spacial score (nSPS) is 20.5. The first-order valence-electron chi connectivity index (χ1n) is 5.63. The van der Waals surface area contributed by atoms with Crippen molar-refractivity contribution in [3.63, 3.8) is 0 Å². The van der Waals surface area contributed by atoms with Crippen molar-refractivity contribution in [1.29, 1.82) is 0 Å². The van der Waals surface area contributed by atoms with Crippen LogP contribution in [0.1, 0.15) is 41.7 Å². The van der Waals surface area contributed by atoms with E-state index in [1.165, 1.54) is 16.8 Å². The average Bonchev–Trinajstić information content (AvgIpc) is 2.96. The highest BCUT2D eigenvalue weighted by molar-refractivity contribution is 7.16. The van der Waals surface area contributed by atoms with Crippen molar-refractivity contribution in [2.45, 2.75) is 31.8 Å². The summed E-state index contributed by atoms with van der Waals surface area (Å²) < 4.78 is 0.883. The standard InChI is InChI=1S/C11H13ClN4S/c1-6(11-13-5-14-16-11)15-8-2-3-9-7(8)4-10(12)17-9/h4-6,8,15H,2-3H2,1H3,(H,13,14,16). The zero-order chi connectivity index (χ0) is 11.8. The number of aryl methyl sites for hydroxylation is 1. The Kier molecular flexibility index (Phi) is 2.90. The first-order chi connectivity index (χ1) is 8.24. The number of H-pyrrole nitrogens is 1. The number of rotatable bonds is 3. The summed E-state index contributed by atoms with van der Waals surface area (Å²) in [7, 11) is 0. The van der Waals surface area contributed by atoms with Crippen LogP contribution < -0.4 is 5.32 Å². The van der Waals surface area contributed by atoms with Crippen LogP contribution >= 0.6 is 22.9 Å². The van der Waals surface area contributed by atoms with Crippen molar-refractivity contribution >= 4 is 22.9 Å². The van der Waals surface area contributed by atoms with Crippen LogP contribution in [0.3, 0.4) is 0 Å². The van der Waals surface area contributed by atoms with Gasteiger partial charge in [0.2, 0.25) is 0 Å². The fourth-order valence-electron chi connectivity index (χ4n) is 2.31. The van der Waals surface area contributed by atoms with Gasteiger partial charge in [-0.25, -0.2) is 4.98 Å². The van der Waals surface area contributed by atoms with Crippen LogP contribution in [0.4, 0.5) is 0 Å². The van der Waals surface area contributed by atoms with Crippen LogP contribution in [-0.2, 0) is 6.42 Å². The van der Waals surface area contributed by atoms with Crippen LogP contribution in [0, 0.1) is 0 Å². The summed E-state index contributed by atoms with van der Waals surface area (Å²) in [5, 5.41) is 10.3. The molecule has 0 fully saturated rings. The fraction of sp³-hybridized carbons (Fsp3) is 0.455. The van der Waals surface area contributed by atoms with Crippen LogP contribution in [0.15, 0.2) is 12.4 Å². The molecular formula is C11H13ClN4S. The van der Waals surface area contributed by atoms with Gasteiger partial charge in [0.05, 0.1) is 10.4 Å². The van der Waals surface area contributed by atoms with E-state index in [2.05, 4.69) is 33.5 Å². The maximum absolute atomic E-state index is 6.04. The van der Waals surface area contributed by atoms with Crippen LogP contribution in [-0.4, -0.2) is 15.2 Å². The molecular weight excluding hydrogens is 256 g/mol. The second-order valence-electron chi connectivity index (χ2n) is 4.28. The molecule has 3 rings (SSSR count). The Morgan fingerprint density at radius 2 is 2.53 bits per heavy atom. The van der Waals surface area contributed by atoms with Gasteiger partial charge in [0.1, 0.15) is 12.2 Å². The Labute approximate surface area is 108 Å². The monoisotopic (exact) mass is 268 g/mol. The molecule has 2 aromatic heterocycles. The second kappa shape index (κ2) is 4.40. The van der Waals surface area contributed by atoms with Gasteiger partial charge in [-0.05, 0) is 31.4 Å². The first kappa shape index (κ1) is 11.2. The van der Waals surface area contributed by atoms with E-state index in [0.717, 1.165) is 23.0 Å². The number of fused-ring (bicyclic) bond motifs is 1. The molecule has 2 heterocycles. The van der Waals surface area contributed by atoms with E-state index in [1.807, 2.05) is 0 Å². The topological polar surface area (TPSA) is 53.6 Å². The molecule has 0 saturated heterocycles. The Morgan fingerprint density at radius 3 is 3.29 bits per heavy atom. The second-order valence-corrected chi connectivity index (χ2v) is 6.05. The zero-order valence-corrected chi connectivity index (χ0v) is 11.0. The van der Waals surface area contributed by atoms with E-state index in [1.54, 1.807) is 11.3 Å². The van der Waals surface area contributed by atoms with Gasteiger partial charge < -0.3 is 5.32 Å². The van der Waals surface area contributed by atoms with Gasteiger partial charge in [-0.2, -0.15) is 5.10 Å². The van der Waals surface area contributed by atoms with Gasteiger partial charge in [-0.15, -0.1) is 11.3 Å². The molecule has 0 aliphatic heterocycles. The van der Waals surface area contributed by atoms with E-state index in [9.17, 15) is 0 Å². The first-order valence-corrected chi connectivity index (χ1v) is 6.83. The Hall–Kier alpha value is -0.910. The summed E-state index contributed by atoms with van der Waals surface area (Å²) in [5.41, 5.74) is 1.35. The molecule has 0 bridgehead atoms. The lowest BCUT2D eigenvalue weighted by atomic mass is 10.1. The summed E-state index contributed by atoms with van der Waals surface area (Å²) >= 11 is 7.74. The average molecular weight is 269 g/mol. The minimum atomic E-state index is 0.173. The molecule has 17 heavy (non-hydrogen) atoms. The third-order valence-corrected chi connectivity index (χ3v) is 4.48. The number of nitrogens with one attached hydrogen (secondary N) is 2. The van der Waals surface area contributed by atoms with Crippen molar-refractivity contribution < 1.29 is 0 Å². The number of thiophene rings is 1. The summed E-state index contributed by atoms with van der Waals surface area (Å²) in [4.78, 5) is 5.58. The van der Waals surface area contributed by atoms with E-state index in [0.29, 0.717) is 6.04 Å². The molecule has 1 aliphatic rings. The van der Waals surface area contributed by atoms with Crippen molar-refractivity contribution in [2.75, 3.05) is 0 Å². The number of aromatic amines is 1. The zero-order valence-electron chi connectivity index (χ0n) is 9.40. The minimum Gasteiger partial charge on any atom is -0.301 e. The maximum Gasteiger partial charge on any atom is 0.141 e. The van der Waals surface area contributed by atoms with Gasteiger partial charge in [0, 0.05) is 10.9 Å². The largest absolute Gasteiger partial charge is 0.301 e. The molecule has 0 amide bonds. The molecule has 2 aromatic rings. The summed E-state index contributed by atoms with van der Waals surface area (Å²) in [5.74, 6) is 0.875. The van der Waals surface area contributed by atoms with Crippen molar-refractivity contribution in [2.24, 2.45) is 0 Å². The molecule has 90 valence electrons. The summed E-state index contributed by atoms with van der Waals surface area (Å²) in [6.45, 7) is 2.09. The van der Waals surface area contributed by atoms with E-state index in [4.69, 9.17) is 11.6 Å². The van der Waals surface area contributed by atoms with E-state index < -0.39 is 0 Å². The highest BCUT2D eigenvalue weighted by Gasteiger charge is 2.26. The quantitative estimate of drug-likeness (QED) is 0.900. The fourth-order valence-corrected chi connectivity index (χ4v) is 3.66. The molecule has 0 aromatic carbocycles. The van der Waals surface area contributed by atoms with Crippen LogP contribution in [0.25, 0.3) is 0 Å². The van der Waals surface area contributed by atoms with Crippen molar-refractivity contribution in [3.8, 4) is 0 Å². The predicted octanol–water partition coefficient (Wildman–Crippen LogP) is 2.86. The lowest BCUT2D eigenvalue weighted by molar-refractivity contribution is 0.451. The van der Waals surface area contributed by atoms with Crippen molar-refractivity contribution in [3.05, 3.63) is 33.0 Å². The SMILES string of the molecule is CC(NC1CCc2sc(Cl)cc21)c1ncn[nH]1. The molecule has 0 radical (unpaired) electrons. The Balaban J connectivity index is 1.75. The molecule has 2 N–H and O–H groups in total. The predicted molar refractivity (Wildman–Crippen MR) is 68.3 cm³/mol. The lowest BCUT2D eigenvalue weighted by Gasteiger charge is -2.17. The molecule has 0 saturated carbocycles. The number of aromatic nitrogens is 3. The minimum absolute atomic E-state index is 0.173. The third kappa shape index (κ3) is 2.10. The lowest BCUT2D eigenvalue weighted by Crippen LogP contribution is -2.23. The van der Waals surface area contributed by atoms with Crippen molar-refractivity contribution in [1.82, 2.24) is 20.5 Å². The van der Waals surface area contributed by atoms with Gasteiger partial charge in [0.15, 0.2) is 0 Å². The maximum atomic E-state index is 6.04. The smallest absolute Gasteiger partial charge is 0.141 e. The van der Waals surface area contributed by atoms with Gasteiger partial charge in [-0.1, -0.05) is 11.6 Å². The van der Waals surface area contributed by atoms with Crippen LogP contribution in [0.5, 0.6) is 0 Å². The third-order valence-electron chi connectivity index (χ3n) is 3.14. The Bertz CT molecular complexity index is 508. The molecule has 2 atom stereocenters. The summed E-state index contributed by atoms with van der Waals surface area (Å²) in [6, 6.07) is 2.64. The molecule has 1 aliphatic carbocycles. The van der Waals surface area contributed by atoms with Gasteiger partial charge in [-0.3, -0.25) is 5.10 Å². The van der Waals surface area contributed by atoms with Gasteiger partial charge >= 0.3 is 0 Å². The van der Waals surface area contributed by atoms with Crippen LogP contribution in [0.2, 0.25) is 4.34 Å². The molecule has 0 spiro atoms. The highest BCUT2D eigenvalue weighted by Crippen LogP contribution is 2.40. The van der Waals surface area contributed by atoms with E-state index in [-0.39, 0.29) is 6.04 Å².